The van der Waals surface area contributed by atoms with Crippen LogP contribution in [0.3, 0.4) is 0 Å². The smallest absolute Gasteiger partial charge is 0.406 e. The van der Waals surface area contributed by atoms with Crippen LogP contribution in [-0.2, 0) is 11.4 Å². The van der Waals surface area contributed by atoms with Crippen molar-refractivity contribution in [1.82, 2.24) is 0 Å². The third-order valence-corrected chi connectivity index (χ3v) is 3.48. The molecule has 144 valence electrons. The fourth-order valence-electron chi connectivity index (χ4n) is 2.15. The van der Waals surface area contributed by atoms with Gasteiger partial charge in [-0.25, -0.2) is 0 Å². The number of halogens is 3. The SMILES string of the molecule is CCC(=O)Nc1cc(C(=O)Nc2ccc(OC(F)(F)F)cc2)ccc1CO. The first-order chi connectivity index (χ1) is 12.7. The van der Waals surface area contributed by atoms with Gasteiger partial charge in [-0.1, -0.05) is 13.0 Å². The summed E-state index contributed by atoms with van der Waals surface area (Å²) in [6.45, 7) is 1.35. The number of alkyl halides is 3. The van der Waals surface area contributed by atoms with Crippen LogP contribution < -0.4 is 15.4 Å². The van der Waals surface area contributed by atoms with Gasteiger partial charge in [-0.3, -0.25) is 9.59 Å². The summed E-state index contributed by atoms with van der Waals surface area (Å²) < 4.78 is 40.2. The molecule has 2 aromatic carbocycles. The molecule has 2 amide bonds. The quantitative estimate of drug-likeness (QED) is 0.711. The first kappa shape index (κ1) is 20.2. The number of carbonyl (C=O) groups excluding carboxylic acids is 2. The Kier molecular flexibility index (Phi) is 6.40. The molecule has 2 aromatic rings. The van der Waals surface area contributed by atoms with Gasteiger partial charge in [0.25, 0.3) is 5.91 Å². The maximum absolute atomic E-state index is 12.3. The zero-order valence-electron chi connectivity index (χ0n) is 14.3. The van der Waals surface area contributed by atoms with Gasteiger partial charge in [0.2, 0.25) is 5.91 Å². The molecule has 0 aromatic heterocycles. The molecule has 0 aliphatic carbocycles. The van der Waals surface area contributed by atoms with Crippen molar-refractivity contribution in [2.45, 2.75) is 26.3 Å². The number of hydrogen-bond donors (Lipinski definition) is 3. The van der Waals surface area contributed by atoms with Gasteiger partial charge in [-0.2, -0.15) is 0 Å². The van der Waals surface area contributed by atoms with Gasteiger partial charge in [-0.15, -0.1) is 13.2 Å². The van der Waals surface area contributed by atoms with E-state index < -0.39 is 18.0 Å². The molecule has 0 heterocycles. The molecule has 0 spiro atoms. The summed E-state index contributed by atoms with van der Waals surface area (Å²) in [5, 5.41) is 14.5. The van der Waals surface area contributed by atoms with Crippen LogP contribution in [0, 0.1) is 0 Å². The Hall–Kier alpha value is -3.07. The summed E-state index contributed by atoms with van der Waals surface area (Å²) in [7, 11) is 0. The van der Waals surface area contributed by atoms with Crippen molar-refractivity contribution in [3.63, 3.8) is 0 Å². The fraction of sp³-hybridized carbons (Fsp3) is 0.222. The number of aliphatic hydroxyl groups is 1. The van der Waals surface area contributed by atoms with Gasteiger partial charge in [0.1, 0.15) is 5.75 Å². The molecule has 0 saturated heterocycles. The Morgan fingerprint density at radius 3 is 2.30 bits per heavy atom. The summed E-state index contributed by atoms with van der Waals surface area (Å²) in [5.41, 5.74) is 1.22. The van der Waals surface area contributed by atoms with Crippen LogP contribution in [0.1, 0.15) is 29.3 Å². The van der Waals surface area contributed by atoms with Crippen LogP contribution >= 0.6 is 0 Å². The lowest BCUT2D eigenvalue weighted by Crippen LogP contribution is -2.17. The number of amides is 2. The van der Waals surface area contributed by atoms with Gasteiger partial charge in [0.05, 0.1) is 6.61 Å². The van der Waals surface area contributed by atoms with E-state index in [2.05, 4.69) is 15.4 Å². The van der Waals surface area contributed by atoms with E-state index in [-0.39, 0.29) is 30.2 Å². The minimum atomic E-state index is -4.79. The number of anilines is 2. The molecular weight excluding hydrogens is 365 g/mol. The zero-order chi connectivity index (χ0) is 20.0. The van der Waals surface area contributed by atoms with Crippen molar-refractivity contribution in [1.29, 1.82) is 0 Å². The molecule has 0 fully saturated rings. The number of rotatable bonds is 6. The van der Waals surface area contributed by atoms with Crippen LogP contribution in [0.4, 0.5) is 24.5 Å². The van der Waals surface area contributed by atoms with Gasteiger partial charge < -0.3 is 20.5 Å². The molecule has 0 bridgehead atoms. The topological polar surface area (TPSA) is 87.7 Å². The van der Waals surface area contributed by atoms with E-state index in [0.717, 1.165) is 12.1 Å². The number of nitrogens with one attached hydrogen (secondary N) is 2. The van der Waals surface area contributed by atoms with Crippen molar-refractivity contribution in [2.24, 2.45) is 0 Å². The van der Waals surface area contributed by atoms with Crippen molar-refractivity contribution in [3.05, 3.63) is 53.6 Å². The summed E-state index contributed by atoms with van der Waals surface area (Å²) in [4.78, 5) is 23.9. The van der Waals surface area contributed by atoms with Crippen LogP contribution in [0.15, 0.2) is 42.5 Å². The van der Waals surface area contributed by atoms with Crippen LogP contribution in [0.2, 0.25) is 0 Å². The second-order valence-electron chi connectivity index (χ2n) is 5.46. The number of carbonyl (C=O) groups is 2. The Labute approximate surface area is 153 Å². The lowest BCUT2D eigenvalue weighted by molar-refractivity contribution is -0.274. The summed E-state index contributed by atoms with van der Waals surface area (Å²) >= 11 is 0. The minimum absolute atomic E-state index is 0.203. The largest absolute Gasteiger partial charge is 0.573 e. The van der Waals surface area contributed by atoms with E-state index in [9.17, 15) is 27.9 Å². The maximum atomic E-state index is 12.3. The number of hydrogen-bond acceptors (Lipinski definition) is 4. The average molecular weight is 382 g/mol. The minimum Gasteiger partial charge on any atom is -0.406 e. The van der Waals surface area contributed by atoms with Crippen molar-refractivity contribution in [3.8, 4) is 5.75 Å². The molecule has 27 heavy (non-hydrogen) atoms. The van der Waals surface area contributed by atoms with E-state index >= 15 is 0 Å². The summed E-state index contributed by atoms with van der Waals surface area (Å²) in [6, 6.07) is 9.05. The van der Waals surface area contributed by atoms with Gasteiger partial charge >= 0.3 is 6.36 Å². The van der Waals surface area contributed by atoms with E-state index in [1.165, 1.54) is 30.3 Å². The Morgan fingerprint density at radius 2 is 1.74 bits per heavy atom. The molecular formula is C18H17F3N2O4. The Morgan fingerprint density at radius 1 is 1.07 bits per heavy atom. The van der Waals surface area contributed by atoms with Crippen LogP contribution in [0.25, 0.3) is 0 Å². The predicted molar refractivity (Wildman–Crippen MR) is 92.4 cm³/mol. The van der Waals surface area contributed by atoms with E-state index in [1.807, 2.05) is 0 Å². The first-order valence-corrected chi connectivity index (χ1v) is 7.92. The second kappa shape index (κ2) is 8.54. The van der Waals surface area contributed by atoms with Crippen LogP contribution in [-0.4, -0.2) is 23.3 Å². The Balaban J connectivity index is 2.13. The lowest BCUT2D eigenvalue weighted by Gasteiger charge is -2.12. The average Bonchev–Trinajstić information content (AvgIpc) is 2.62. The third-order valence-electron chi connectivity index (χ3n) is 3.48. The highest BCUT2D eigenvalue weighted by Gasteiger charge is 2.30. The van der Waals surface area contributed by atoms with E-state index in [1.54, 1.807) is 6.92 Å². The fourth-order valence-corrected chi connectivity index (χ4v) is 2.15. The predicted octanol–water partition coefficient (Wildman–Crippen LogP) is 3.68. The van der Waals surface area contributed by atoms with E-state index in [4.69, 9.17) is 0 Å². The van der Waals surface area contributed by atoms with Crippen molar-refractivity contribution < 1.29 is 32.6 Å². The molecule has 3 N–H and O–H groups in total. The number of benzene rings is 2. The van der Waals surface area contributed by atoms with Gasteiger partial charge in [0.15, 0.2) is 0 Å². The molecule has 0 saturated carbocycles. The van der Waals surface area contributed by atoms with E-state index in [0.29, 0.717) is 11.3 Å². The Bertz CT molecular complexity index is 820. The molecule has 0 aliphatic heterocycles. The second-order valence-corrected chi connectivity index (χ2v) is 5.46. The van der Waals surface area contributed by atoms with Crippen molar-refractivity contribution in [2.75, 3.05) is 10.6 Å². The third kappa shape index (κ3) is 6.00. The van der Waals surface area contributed by atoms with Crippen LogP contribution in [0.5, 0.6) is 5.75 Å². The monoisotopic (exact) mass is 382 g/mol. The molecule has 0 atom stereocenters. The highest BCUT2D eigenvalue weighted by Crippen LogP contribution is 2.24. The number of ether oxygens (including phenoxy) is 1. The highest BCUT2D eigenvalue weighted by atomic mass is 19.4. The normalized spacial score (nSPS) is 11.0. The molecule has 9 heteroatoms. The molecule has 0 aliphatic rings. The molecule has 2 rings (SSSR count). The molecule has 0 unspecified atom stereocenters. The first-order valence-electron chi connectivity index (χ1n) is 7.92. The lowest BCUT2D eigenvalue weighted by atomic mass is 10.1. The summed E-state index contributed by atoms with van der Waals surface area (Å²) in [5.74, 6) is -1.21. The zero-order valence-corrected chi connectivity index (χ0v) is 14.3. The summed E-state index contributed by atoms with van der Waals surface area (Å²) in [6.07, 6.45) is -4.56. The molecule has 6 nitrogen and oxygen atoms in total. The number of aliphatic hydroxyl groups excluding tert-OH is 1. The maximum Gasteiger partial charge on any atom is 0.573 e. The standard InChI is InChI=1S/C18H17F3N2O4/c1-2-16(25)23-15-9-11(3-4-12(15)10-24)17(26)22-13-5-7-14(8-6-13)27-18(19,20)21/h3-9,24H,2,10H2,1H3,(H,22,26)(H,23,25). The van der Waals surface area contributed by atoms with Gasteiger partial charge in [-0.05, 0) is 36.4 Å². The highest BCUT2D eigenvalue weighted by molar-refractivity contribution is 6.05. The van der Waals surface area contributed by atoms with Crippen molar-refractivity contribution >= 4 is 23.2 Å². The van der Waals surface area contributed by atoms with Gasteiger partial charge in [0, 0.05) is 28.9 Å². The molecule has 0 radical (unpaired) electrons.